The van der Waals surface area contributed by atoms with Gasteiger partial charge in [0.1, 0.15) is 0 Å². The first kappa shape index (κ1) is 12.4. The molecule has 0 aliphatic carbocycles. The van der Waals surface area contributed by atoms with Crippen molar-refractivity contribution >= 4 is 17.1 Å². The molecule has 1 N–H and O–H groups in total. The second kappa shape index (κ2) is 4.01. The summed E-state index contributed by atoms with van der Waals surface area (Å²) in [7, 11) is 1.63. The third-order valence-electron chi connectivity index (χ3n) is 3.17. The zero-order valence-electron chi connectivity index (χ0n) is 10.6. The normalized spacial score (nSPS) is 11.9. The van der Waals surface area contributed by atoms with Crippen LogP contribution in [-0.2, 0) is 17.3 Å². The Morgan fingerprint density at radius 3 is 2.72 bits per heavy atom. The van der Waals surface area contributed by atoms with Gasteiger partial charge in [-0.25, -0.2) is 4.79 Å². The lowest BCUT2D eigenvalue weighted by Gasteiger charge is -2.22. The summed E-state index contributed by atoms with van der Waals surface area (Å²) in [6, 6.07) is 5.31. The Morgan fingerprint density at radius 2 is 2.11 bits per heavy atom. The quantitative estimate of drug-likeness (QED) is 0.901. The van der Waals surface area contributed by atoms with Gasteiger partial charge in [-0.3, -0.25) is 9.36 Å². The molecule has 0 radical (unpaired) electrons. The minimum Gasteiger partial charge on any atom is -0.481 e. The molecule has 5 nitrogen and oxygen atoms in total. The van der Waals surface area contributed by atoms with E-state index in [-0.39, 0.29) is 6.42 Å². The van der Waals surface area contributed by atoms with Gasteiger partial charge in [0.25, 0.3) is 0 Å². The van der Waals surface area contributed by atoms with Crippen LogP contribution in [-0.4, -0.2) is 15.6 Å². The number of rotatable bonds is 3. The number of carboxylic acids is 1. The van der Waals surface area contributed by atoms with E-state index in [1.54, 1.807) is 19.2 Å². The van der Waals surface area contributed by atoms with Gasteiger partial charge in [0.15, 0.2) is 5.58 Å². The van der Waals surface area contributed by atoms with Gasteiger partial charge in [0, 0.05) is 12.5 Å². The molecular weight excluding hydrogens is 234 g/mol. The number of aromatic nitrogens is 1. The van der Waals surface area contributed by atoms with E-state index in [4.69, 9.17) is 9.52 Å². The van der Waals surface area contributed by atoms with Crippen molar-refractivity contribution in [3.05, 3.63) is 34.3 Å². The number of carboxylic acid groups (broad SMARTS) is 1. The fourth-order valence-electron chi connectivity index (χ4n) is 2.03. The molecule has 0 aliphatic heterocycles. The number of hydrogen-bond acceptors (Lipinski definition) is 3. The molecule has 1 aromatic carbocycles. The number of nitrogens with zero attached hydrogens (tertiary/aromatic N) is 1. The lowest BCUT2D eigenvalue weighted by molar-refractivity contribution is -0.138. The van der Waals surface area contributed by atoms with Crippen LogP contribution in [0.15, 0.2) is 27.4 Å². The highest BCUT2D eigenvalue weighted by molar-refractivity contribution is 5.75. The molecule has 1 heterocycles. The smallest absolute Gasteiger partial charge is 0.419 e. The van der Waals surface area contributed by atoms with Crippen molar-refractivity contribution in [1.29, 1.82) is 0 Å². The largest absolute Gasteiger partial charge is 0.481 e. The molecule has 0 spiro atoms. The predicted molar refractivity (Wildman–Crippen MR) is 66.7 cm³/mol. The highest BCUT2D eigenvalue weighted by Gasteiger charge is 2.25. The standard InChI is InChI=1S/C13H15NO4/c1-13(2,7-11(15)16)8-4-5-10-9(6-8)14(3)12(17)18-10/h4-6H,7H2,1-3H3,(H,15,16). The molecule has 1 aromatic heterocycles. The van der Waals surface area contributed by atoms with Gasteiger partial charge in [-0.1, -0.05) is 19.9 Å². The third kappa shape index (κ3) is 2.03. The van der Waals surface area contributed by atoms with Gasteiger partial charge >= 0.3 is 11.7 Å². The Balaban J connectivity index is 2.56. The summed E-state index contributed by atoms with van der Waals surface area (Å²) < 4.78 is 6.45. The van der Waals surface area contributed by atoms with E-state index in [0.29, 0.717) is 11.1 Å². The third-order valence-corrected chi connectivity index (χ3v) is 3.17. The van der Waals surface area contributed by atoms with E-state index in [9.17, 15) is 9.59 Å². The van der Waals surface area contributed by atoms with Gasteiger partial charge in [0.05, 0.1) is 11.9 Å². The molecule has 0 unspecified atom stereocenters. The van der Waals surface area contributed by atoms with Crippen LogP contribution in [0.5, 0.6) is 0 Å². The Kier molecular flexibility index (Phi) is 2.77. The van der Waals surface area contributed by atoms with Gasteiger partial charge in [-0.15, -0.1) is 0 Å². The van der Waals surface area contributed by atoms with Gasteiger partial charge in [-0.05, 0) is 17.7 Å². The molecule has 0 bridgehead atoms. The second-order valence-electron chi connectivity index (χ2n) is 5.06. The molecule has 2 rings (SSSR count). The maximum absolute atomic E-state index is 11.4. The van der Waals surface area contributed by atoms with Gasteiger partial charge < -0.3 is 9.52 Å². The monoisotopic (exact) mass is 249 g/mol. The van der Waals surface area contributed by atoms with Gasteiger partial charge in [0.2, 0.25) is 0 Å². The predicted octanol–water partition coefficient (Wildman–Crippen LogP) is 1.88. The van der Waals surface area contributed by atoms with Crippen molar-refractivity contribution in [3.63, 3.8) is 0 Å². The summed E-state index contributed by atoms with van der Waals surface area (Å²) in [6.07, 6.45) is 0.0320. The highest BCUT2D eigenvalue weighted by atomic mass is 16.4. The van der Waals surface area contributed by atoms with E-state index in [0.717, 1.165) is 5.56 Å². The maximum atomic E-state index is 11.4. The first-order chi connectivity index (χ1) is 8.31. The van der Waals surface area contributed by atoms with Crippen molar-refractivity contribution < 1.29 is 14.3 Å². The van der Waals surface area contributed by atoms with E-state index in [2.05, 4.69) is 0 Å². The van der Waals surface area contributed by atoms with E-state index in [1.165, 1.54) is 4.57 Å². The Morgan fingerprint density at radius 1 is 1.44 bits per heavy atom. The van der Waals surface area contributed by atoms with Crippen molar-refractivity contribution in [2.75, 3.05) is 0 Å². The average Bonchev–Trinajstić information content (AvgIpc) is 2.53. The Hall–Kier alpha value is -2.04. The van der Waals surface area contributed by atoms with E-state index >= 15 is 0 Å². The summed E-state index contributed by atoms with van der Waals surface area (Å²) in [5, 5.41) is 8.91. The molecule has 5 heteroatoms. The van der Waals surface area contributed by atoms with Crippen LogP contribution in [0, 0.1) is 0 Å². The van der Waals surface area contributed by atoms with Crippen LogP contribution in [0.1, 0.15) is 25.8 Å². The van der Waals surface area contributed by atoms with Gasteiger partial charge in [-0.2, -0.15) is 0 Å². The minimum atomic E-state index is -0.846. The molecular formula is C13H15NO4. The first-order valence-electron chi connectivity index (χ1n) is 5.63. The molecule has 2 aromatic rings. The molecule has 0 atom stereocenters. The number of fused-ring (bicyclic) bond motifs is 1. The highest BCUT2D eigenvalue weighted by Crippen LogP contribution is 2.29. The second-order valence-corrected chi connectivity index (χ2v) is 5.06. The zero-order valence-corrected chi connectivity index (χ0v) is 10.6. The lowest BCUT2D eigenvalue weighted by atomic mass is 9.81. The number of oxazole rings is 1. The van der Waals surface area contributed by atoms with Crippen molar-refractivity contribution in [2.45, 2.75) is 25.7 Å². The molecule has 96 valence electrons. The number of hydrogen-bond donors (Lipinski definition) is 1. The average molecular weight is 249 g/mol. The SMILES string of the molecule is Cn1c(=O)oc2ccc(C(C)(C)CC(=O)O)cc21. The van der Waals surface area contributed by atoms with Crippen LogP contribution < -0.4 is 5.76 Å². The van der Waals surface area contributed by atoms with Crippen molar-refractivity contribution in [2.24, 2.45) is 7.05 Å². The Bertz CT molecular complexity index is 663. The van der Waals surface area contributed by atoms with Crippen LogP contribution in [0.25, 0.3) is 11.1 Å². The fourth-order valence-corrected chi connectivity index (χ4v) is 2.03. The molecule has 0 fully saturated rings. The first-order valence-corrected chi connectivity index (χ1v) is 5.63. The number of aliphatic carboxylic acids is 1. The number of aryl methyl sites for hydroxylation is 1. The molecule has 18 heavy (non-hydrogen) atoms. The molecule has 0 saturated carbocycles. The summed E-state index contributed by atoms with van der Waals surface area (Å²) in [4.78, 5) is 22.2. The van der Waals surface area contributed by atoms with Crippen LogP contribution in [0.4, 0.5) is 0 Å². The van der Waals surface area contributed by atoms with E-state index in [1.807, 2.05) is 19.9 Å². The Labute approximate surface area is 104 Å². The zero-order chi connectivity index (χ0) is 13.5. The fraction of sp³-hybridized carbons (Fsp3) is 0.385. The van der Waals surface area contributed by atoms with Crippen LogP contribution in [0.3, 0.4) is 0 Å². The molecule has 0 saturated heterocycles. The summed E-state index contributed by atoms with van der Waals surface area (Å²) in [5.74, 6) is -1.26. The number of carbonyl (C=O) groups is 1. The molecule has 0 amide bonds. The van der Waals surface area contributed by atoms with Crippen LogP contribution in [0.2, 0.25) is 0 Å². The molecule has 0 aliphatic rings. The number of benzene rings is 1. The lowest BCUT2D eigenvalue weighted by Crippen LogP contribution is -2.21. The minimum absolute atomic E-state index is 0.0320. The topological polar surface area (TPSA) is 72.4 Å². The van der Waals surface area contributed by atoms with Crippen molar-refractivity contribution in [1.82, 2.24) is 4.57 Å². The summed E-state index contributed by atoms with van der Waals surface area (Å²) in [6.45, 7) is 3.72. The van der Waals surface area contributed by atoms with Crippen molar-refractivity contribution in [3.8, 4) is 0 Å². The summed E-state index contributed by atoms with van der Waals surface area (Å²) in [5.41, 5.74) is 1.56. The van der Waals surface area contributed by atoms with E-state index < -0.39 is 17.1 Å². The maximum Gasteiger partial charge on any atom is 0.419 e. The summed E-state index contributed by atoms with van der Waals surface area (Å²) >= 11 is 0. The van der Waals surface area contributed by atoms with Crippen LogP contribution >= 0.6 is 0 Å².